The van der Waals surface area contributed by atoms with E-state index in [0.717, 1.165) is 0 Å². The highest BCUT2D eigenvalue weighted by molar-refractivity contribution is 5.89. The van der Waals surface area contributed by atoms with Crippen LogP contribution in [0.5, 0.6) is 0 Å². The summed E-state index contributed by atoms with van der Waals surface area (Å²) in [7, 11) is 0. The minimum absolute atomic E-state index is 0.120. The molecule has 2 rings (SSSR count). The van der Waals surface area contributed by atoms with Gasteiger partial charge in [-0.25, -0.2) is 4.79 Å². The fourth-order valence-electron chi connectivity index (χ4n) is 2.37. The predicted octanol–water partition coefficient (Wildman–Crippen LogP) is 2.35. The Morgan fingerprint density at radius 3 is 2.63 bits per heavy atom. The van der Waals surface area contributed by atoms with Gasteiger partial charge in [-0.05, 0) is 44.0 Å². The van der Waals surface area contributed by atoms with Crippen LogP contribution in [0, 0.1) is 0 Å². The fourth-order valence-corrected chi connectivity index (χ4v) is 2.37. The van der Waals surface area contributed by atoms with Crippen molar-refractivity contribution in [3.63, 3.8) is 0 Å². The predicted molar refractivity (Wildman–Crippen MR) is 76.0 cm³/mol. The molecule has 19 heavy (non-hydrogen) atoms. The second kappa shape index (κ2) is 6.57. The Morgan fingerprint density at radius 1 is 1.37 bits per heavy atom. The summed E-state index contributed by atoms with van der Waals surface area (Å²) in [5.41, 5.74) is 6.77. The molecule has 0 bridgehead atoms. The molecule has 0 aromatic heterocycles. The number of carbonyl (C=O) groups is 1. The summed E-state index contributed by atoms with van der Waals surface area (Å²) in [6.07, 6.45) is 4.96. The molecule has 0 saturated heterocycles. The second-order valence-electron chi connectivity index (χ2n) is 5.23. The first-order valence-electron chi connectivity index (χ1n) is 6.95. The van der Waals surface area contributed by atoms with Gasteiger partial charge in [0, 0.05) is 18.3 Å². The van der Waals surface area contributed by atoms with Crippen LogP contribution < -0.4 is 11.1 Å². The van der Waals surface area contributed by atoms with Crippen molar-refractivity contribution in [3.05, 3.63) is 29.8 Å². The zero-order valence-corrected chi connectivity index (χ0v) is 11.4. The molecule has 1 aromatic rings. The number of nitrogens with one attached hydrogen (secondary N) is 1. The molecule has 1 atom stereocenters. The smallest absolute Gasteiger partial charge is 0.338 e. The van der Waals surface area contributed by atoms with E-state index in [-0.39, 0.29) is 12.1 Å². The van der Waals surface area contributed by atoms with Crippen molar-refractivity contribution in [3.8, 4) is 0 Å². The highest BCUT2D eigenvalue weighted by Crippen LogP contribution is 2.17. The minimum atomic E-state index is -0.291. The Bertz CT molecular complexity index is 411. The zero-order valence-electron chi connectivity index (χ0n) is 11.4. The summed E-state index contributed by atoms with van der Waals surface area (Å²) in [5, 5.41) is 3.45. The van der Waals surface area contributed by atoms with Gasteiger partial charge in [-0.2, -0.15) is 0 Å². The Labute approximate surface area is 114 Å². The highest BCUT2D eigenvalue weighted by Gasteiger charge is 2.17. The van der Waals surface area contributed by atoms with Crippen molar-refractivity contribution < 1.29 is 9.53 Å². The maximum Gasteiger partial charge on any atom is 0.338 e. The normalized spacial score (nSPS) is 17.3. The second-order valence-corrected chi connectivity index (χ2v) is 5.23. The number of hydrogen-bond donors (Lipinski definition) is 2. The minimum Gasteiger partial charge on any atom is -0.458 e. The van der Waals surface area contributed by atoms with Crippen LogP contribution in [-0.4, -0.2) is 24.7 Å². The number of ether oxygens (including phenoxy) is 1. The van der Waals surface area contributed by atoms with Crippen LogP contribution in [0.2, 0.25) is 0 Å². The van der Waals surface area contributed by atoms with E-state index in [0.29, 0.717) is 23.8 Å². The number of carbonyl (C=O) groups excluding carboxylic acids is 1. The summed E-state index contributed by atoms with van der Waals surface area (Å²) in [6.45, 7) is 2.63. The standard InChI is InChI=1S/C15H22N2O2/c1-11(10-17-14-4-2-3-5-14)19-15(18)12-6-8-13(16)9-7-12/h6-9,11,14,17H,2-5,10,16H2,1H3/t11-/m1/s1. The summed E-state index contributed by atoms with van der Waals surface area (Å²) in [5.74, 6) is -0.291. The van der Waals surface area contributed by atoms with E-state index in [1.165, 1.54) is 25.7 Å². The molecular weight excluding hydrogens is 240 g/mol. The molecule has 0 radical (unpaired) electrons. The number of anilines is 1. The molecule has 1 fully saturated rings. The van der Waals surface area contributed by atoms with Crippen LogP contribution in [-0.2, 0) is 4.74 Å². The average Bonchev–Trinajstić information content (AvgIpc) is 2.90. The maximum atomic E-state index is 11.9. The number of rotatable bonds is 5. The van der Waals surface area contributed by atoms with Crippen LogP contribution in [0.4, 0.5) is 5.69 Å². The summed E-state index contributed by atoms with van der Waals surface area (Å²) >= 11 is 0. The van der Waals surface area contributed by atoms with E-state index in [2.05, 4.69) is 5.32 Å². The van der Waals surface area contributed by atoms with Crippen LogP contribution in [0.3, 0.4) is 0 Å². The van der Waals surface area contributed by atoms with Gasteiger partial charge in [0.05, 0.1) is 5.56 Å². The quantitative estimate of drug-likeness (QED) is 0.631. The molecule has 104 valence electrons. The van der Waals surface area contributed by atoms with Crippen LogP contribution in [0.15, 0.2) is 24.3 Å². The van der Waals surface area contributed by atoms with Crippen molar-refractivity contribution in [1.82, 2.24) is 5.32 Å². The van der Waals surface area contributed by atoms with Gasteiger partial charge in [-0.3, -0.25) is 0 Å². The van der Waals surface area contributed by atoms with Gasteiger partial charge < -0.3 is 15.8 Å². The highest BCUT2D eigenvalue weighted by atomic mass is 16.5. The summed E-state index contributed by atoms with van der Waals surface area (Å²) < 4.78 is 5.39. The van der Waals surface area contributed by atoms with Crippen LogP contribution in [0.1, 0.15) is 43.0 Å². The Hall–Kier alpha value is -1.55. The number of benzene rings is 1. The first-order chi connectivity index (χ1) is 9.15. The van der Waals surface area contributed by atoms with E-state index in [1.54, 1.807) is 24.3 Å². The summed E-state index contributed by atoms with van der Waals surface area (Å²) in [4.78, 5) is 11.9. The fraction of sp³-hybridized carbons (Fsp3) is 0.533. The lowest BCUT2D eigenvalue weighted by Gasteiger charge is -2.17. The van der Waals surface area contributed by atoms with Gasteiger partial charge >= 0.3 is 5.97 Å². The first-order valence-corrected chi connectivity index (χ1v) is 6.95. The van der Waals surface area contributed by atoms with Gasteiger partial charge in [-0.1, -0.05) is 12.8 Å². The van der Waals surface area contributed by atoms with Crippen molar-refractivity contribution in [2.45, 2.75) is 44.8 Å². The topological polar surface area (TPSA) is 64.3 Å². The van der Waals surface area contributed by atoms with Gasteiger partial charge in [0.15, 0.2) is 0 Å². The molecule has 0 unspecified atom stereocenters. The Morgan fingerprint density at radius 2 is 2.00 bits per heavy atom. The van der Waals surface area contributed by atoms with E-state index in [1.807, 2.05) is 6.92 Å². The molecule has 0 spiro atoms. The molecule has 1 aliphatic carbocycles. The molecule has 1 saturated carbocycles. The lowest BCUT2D eigenvalue weighted by Crippen LogP contribution is -2.34. The first kappa shape index (κ1) is 13.9. The van der Waals surface area contributed by atoms with Gasteiger partial charge in [-0.15, -0.1) is 0 Å². The lowest BCUT2D eigenvalue weighted by atomic mass is 10.2. The van der Waals surface area contributed by atoms with E-state index in [4.69, 9.17) is 10.5 Å². The number of nitrogens with two attached hydrogens (primary N) is 1. The van der Waals surface area contributed by atoms with Gasteiger partial charge in [0.1, 0.15) is 6.10 Å². The molecule has 0 aliphatic heterocycles. The van der Waals surface area contributed by atoms with E-state index < -0.39 is 0 Å². The summed E-state index contributed by atoms with van der Waals surface area (Å²) in [6, 6.07) is 7.39. The average molecular weight is 262 g/mol. The third kappa shape index (κ3) is 4.24. The molecule has 1 aliphatic rings. The van der Waals surface area contributed by atoms with E-state index >= 15 is 0 Å². The molecule has 1 aromatic carbocycles. The number of nitrogen functional groups attached to an aromatic ring is 1. The van der Waals surface area contributed by atoms with Gasteiger partial charge in [0.2, 0.25) is 0 Å². The Kier molecular flexibility index (Phi) is 4.80. The van der Waals surface area contributed by atoms with E-state index in [9.17, 15) is 4.79 Å². The van der Waals surface area contributed by atoms with Crippen molar-refractivity contribution >= 4 is 11.7 Å². The Balaban J connectivity index is 1.76. The van der Waals surface area contributed by atoms with Crippen molar-refractivity contribution in [1.29, 1.82) is 0 Å². The largest absolute Gasteiger partial charge is 0.458 e. The molecule has 0 amide bonds. The van der Waals surface area contributed by atoms with Crippen molar-refractivity contribution in [2.75, 3.05) is 12.3 Å². The monoisotopic (exact) mass is 262 g/mol. The molecule has 3 N–H and O–H groups in total. The molecule has 0 heterocycles. The maximum absolute atomic E-state index is 11.9. The molecule has 4 nitrogen and oxygen atoms in total. The third-order valence-electron chi connectivity index (χ3n) is 3.50. The molecule has 4 heteroatoms. The van der Waals surface area contributed by atoms with Crippen molar-refractivity contribution in [2.24, 2.45) is 0 Å². The van der Waals surface area contributed by atoms with Crippen LogP contribution >= 0.6 is 0 Å². The SMILES string of the molecule is C[C@H](CNC1CCCC1)OC(=O)c1ccc(N)cc1. The van der Waals surface area contributed by atoms with Gasteiger partial charge in [0.25, 0.3) is 0 Å². The lowest BCUT2D eigenvalue weighted by molar-refractivity contribution is 0.0337. The molecular formula is C15H22N2O2. The zero-order chi connectivity index (χ0) is 13.7. The third-order valence-corrected chi connectivity index (χ3v) is 3.50. The number of hydrogen-bond acceptors (Lipinski definition) is 4. The number of esters is 1. The van der Waals surface area contributed by atoms with Crippen LogP contribution in [0.25, 0.3) is 0 Å².